The SMILES string of the molecule is CCCCCCCCCCCCCCCCCCCCCCCC(=O)O[C@H](COC(=O)CCCCCCCCCCCCCCCCCCCCCC)COP(=O)(O)OC[C@@H](O)COP(=O)(O)OC[C@@H](COC(=O)CCCCCCCCCC(C)C)OC(=O)CCCCCCCCCCCCCCC. The first-order valence-corrected chi connectivity index (χ1v) is 47.1. The Balaban J connectivity index is 5.20. The van der Waals surface area contributed by atoms with E-state index in [0.29, 0.717) is 31.6 Å². The van der Waals surface area contributed by atoms with E-state index in [-0.39, 0.29) is 25.7 Å². The van der Waals surface area contributed by atoms with Crippen LogP contribution in [0.15, 0.2) is 0 Å². The minimum atomic E-state index is -4.96. The molecule has 104 heavy (non-hydrogen) atoms. The predicted octanol–water partition coefficient (Wildman–Crippen LogP) is 26.0. The number of ether oxygens (including phenoxy) is 4. The Labute approximate surface area is 638 Å². The molecule has 0 saturated carbocycles. The lowest BCUT2D eigenvalue weighted by molar-refractivity contribution is -0.161. The van der Waals surface area contributed by atoms with Crippen LogP contribution in [-0.2, 0) is 65.4 Å². The predicted molar refractivity (Wildman–Crippen MR) is 428 cm³/mol. The van der Waals surface area contributed by atoms with E-state index in [1.54, 1.807) is 0 Å². The Morgan fingerprint density at radius 1 is 0.260 bits per heavy atom. The molecule has 0 amide bonds. The van der Waals surface area contributed by atoms with Gasteiger partial charge in [-0.25, -0.2) is 9.13 Å². The van der Waals surface area contributed by atoms with Crippen molar-refractivity contribution in [2.75, 3.05) is 39.6 Å². The van der Waals surface area contributed by atoms with E-state index in [2.05, 4.69) is 34.6 Å². The zero-order valence-electron chi connectivity index (χ0n) is 68.2. The van der Waals surface area contributed by atoms with Crippen LogP contribution in [0, 0.1) is 5.92 Å². The second-order valence-corrected chi connectivity index (χ2v) is 34.0. The van der Waals surface area contributed by atoms with Gasteiger partial charge < -0.3 is 33.8 Å². The van der Waals surface area contributed by atoms with E-state index < -0.39 is 97.5 Å². The first-order chi connectivity index (χ1) is 50.5. The molecule has 0 fully saturated rings. The Hall–Kier alpha value is -1.94. The van der Waals surface area contributed by atoms with Crippen LogP contribution in [0.25, 0.3) is 0 Å². The lowest BCUT2D eigenvalue weighted by atomic mass is 10.0. The summed E-state index contributed by atoms with van der Waals surface area (Å²) in [6.07, 6.45) is 71.0. The minimum absolute atomic E-state index is 0.107. The van der Waals surface area contributed by atoms with Crippen LogP contribution in [0.3, 0.4) is 0 Å². The second-order valence-electron chi connectivity index (χ2n) is 31.1. The highest BCUT2D eigenvalue weighted by Crippen LogP contribution is 2.45. The Morgan fingerprint density at radius 3 is 0.654 bits per heavy atom. The van der Waals surface area contributed by atoms with Gasteiger partial charge >= 0.3 is 39.5 Å². The molecule has 19 heteroatoms. The maximum absolute atomic E-state index is 13.1. The van der Waals surface area contributed by atoms with Crippen LogP contribution in [0.1, 0.15) is 458 Å². The molecular weight excluding hydrogens is 1350 g/mol. The van der Waals surface area contributed by atoms with Crippen LogP contribution in [-0.4, -0.2) is 96.7 Å². The quantitative estimate of drug-likeness (QED) is 0.0222. The van der Waals surface area contributed by atoms with Crippen molar-refractivity contribution in [3.05, 3.63) is 0 Å². The second kappa shape index (κ2) is 77.8. The summed E-state index contributed by atoms with van der Waals surface area (Å²) in [7, 11) is -9.92. The molecule has 0 aliphatic heterocycles. The standard InChI is InChI=1S/C85H166O17P2/c1-6-9-12-15-18-21-24-27-29-31-33-35-37-39-41-44-47-50-55-61-66-71-85(90)101-80(74-95-82(87)68-63-58-53-48-45-43-40-38-36-34-32-30-28-25-22-19-16-13-10-7-2)76-99-103(91,92)97-72-79(86)73-98-104(93,94)100-77-81(75-96-83(88)69-64-59-56-51-52-57-62-67-78(4)5)102-84(89)70-65-60-54-49-46-42-26-23-20-17-14-11-8-3/h78-81,86H,6-77H2,1-5H3,(H,91,92)(H,93,94)/t79-,80-,81-/m1/s1. The van der Waals surface area contributed by atoms with Crippen molar-refractivity contribution in [1.82, 2.24) is 0 Å². The largest absolute Gasteiger partial charge is 0.472 e. The van der Waals surface area contributed by atoms with E-state index in [4.69, 9.17) is 37.0 Å². The molecule has 0 heterocycles. The molecule has 0 aliphatic rings. The molecule has 0 aromatic heterocycles. The van der Waals surface area contributed by atoms with Crippen molar-refractivity contribution < 1.29 is 80.2 Å². The van der Waals surface area contributed by atoms with Gasteiger partial charge in [-0.05, 0) is 31.6 Å². The summed E-state index contributed by atoms with van der Waals surface area (Å²) in [4.78, 5) is 73.1. The van der Waals surface area contributed by atoms with E-state index in [1.807, 2.05) is 0 Å². The highest BCUT2D eigenvalue weighted by molar-refractivity contribution is 7.47. The van der Waals surface area contributed by atoms with E-state index >= 15 is 0 Å². The number of aliphatic hydroxyl groups excluding tert-OH is 1. The summed E-state index contributed by atoms with van der Waals surface area (Å²) >= 11 is 0. The molecule has 0 bridgehead atoms. The minimum Gasteiger partial charge on any atom is -0.462 e. The smallest absolute Gasteiger partial charge is 0.462 e. The number of phosphoric ester groups is 2. The Kier molecular flexibility index (Phi) is 76.3. The molecular formula is C85H166O17P2. The van der Waals surface area contributed by atoms with Crippen LogP contribution >= 0.6 is 15.6 Å². The molecule has 0 aromatic carbocycles. The van der Waals surface area contributed by atoms with Crippen LogP contribution in [0.2, 0.25) is 0 Å². The molecule has 0 saturated heterocycles. The van der Waals surface area contributed by atoms with Gasteiger partial charge in [0.25, 0.3) is 0 Å². The van der Waals surface area contributed by atoms with E-state index in [0.717, 1.165) is 96.3 Å². The number of aliphatic hydroxyl groups is 1. The van der Waals surface area contributed by atoms with Crippen molar-refractivity contribution in [2.24, 2.45) is 5.92 Å². The normalized spacial score (nSPS) is 13.8. The van der Waals surface area contributed by atoms with Gasteiger partial charge in [0.05, 0.1) is 26.4 Å². The third-order valence-electron chi connectivity index (χ3n) is 20.0. The maximum atomic E-state index is 13.1. The van der Waals surface area contributed by atoms with Crippen LogP contribution < -0.4 is 0 Å². The van der Waals surface area contributed by atoms with Crippen molar-refractivity contribution >= 4 is 39.5 Å². The molecule has 17 nitrogen and oxygen atoms in total. The van der Waals surface area contributed by atoms with E-state index in [9.17, 15) is 43.2 Å². The lowest BCUT2D eigenvalue weighted by Crippen LogP contribution is -2.30. The van der Waals surface area contributed by atoms with Crippen molar-refractivity contribution in [3.8, 4) is 0 Å². The lowest BCUT2D eigenvalue weighted by Gasteiger charge is -2.21. The monoisotopic (exact) mass is 1520 g/mol. The van der Waals surface area contributed by atoms with Gasteiger partial charge in [0.2, 0.25) is 0 Å². The molecule has 0 radical (unpaired) electrons. The first-order valence-electron chi connectivity index (χ1n) is 44.1. The Morgan fingerprint density at radius 2 is 0.442 bits per heavy atom. The number of carbonyl (C=O) groups excluding carboxylic acids is 4. The van der Waals surface area contributed by atoms with Crippen molar-refractivity contribution in [1.29, 1.82) is 0 Å². The molecule has 0 rings (SSSR count). The number of rotatable bonds is 85. The summed E-state index contributed by atoms with van der Waals surface area (Å²) in [5.41, 5.74) is 0. The topological polar surface area (TPSA) is 237 Å². The third kappa shape index (κ3) is 78.2. The summed E-state index contributed by atoms with van der Waals surface area (Å²) < 4.78 is 68.8. The molecule has 618 valence electrons. The number of carbonyl (C=O) groups is 4. The van der Waals surface area contributed by atoms with E-state index in [1.165, 1.54) is 276 Å². The number of hydrogen-bond acceptors (Lipinski definition) is 15. The number of hydrogen-bond donors (Lipinski definition) is 3. The first kappa shape index (κ1) is 102. The Bertz CT molecular complexity index is 1980. The molecule has 0 spiro atoms. The molecule has 3 N–H and O–H groups in total. The van der Waals surface area contributed by atoms with Crippen molar-refractivity contribution in [3.63, 3.8) is 0 Å². The fraction of sp³-hybridized carbons (Fsp3) is 0.953. The third-order valence-corrected chi connectivity index (χ3v) is 21.9. The average Bonchev–Trinajstić information content (AvgIpc) is 0.943. The molecule has 5 atom stereocenters. The maximum Gasteiger partial charge on any atom is 0.472 e. The zero-order chi connectivity index (χ0) is 76.2. The highest BCUT2D eigenvalue weighted by Gasteiger charge is 2.30. The van der Waals surface area contributed by atoms with Gasteiger partial charge in [-0.1, -0.05) is 407 Å². The number of esters is 4. The zero-order valence-corrected chi connectivity index (χ0v) is 70.0. The van der Waals surface area contributed by atoms with Gasteiger partial charge in [0, 0.05) is 25.7 Å². The van der Waals surface area contributed by atoms with Gasteiger partial charge in [-0.2, -0.15) is 0 Å². The van der Waals surface area contributed by atoms with Crippen LogP contribution in [0.5, 0.6) is 0 Å². The molecule has 2 unspecified atom stereocenters. The molecule has 0 aromatic rings. The fourth-order valence-electron chi connectivity index (χ4n) is 13.3. The number of unbranched alkanes of at least 4 members (excludes halogenated alkanes) is 57. The summed E-state index contributed by atoms with van der Waals surface area (Å²) in [5, 5.41) is 10.7. The van der Waals surface area contributed by atoms with Gasteiger partial charge in [0.15, 0.2) is 12.2 Å². The summed E-state index contributed by atoms with van der Waals surface area (Å²) in [6.45, 7) is 7.29. The fourth-order valence-corrected chi connectivity index (χ4v) is 14.9. The summed E-state index contributed by atoms with van der Waals surface area (Å²) in [6, 6.07) is 0. The highest BCUT2D eigenvalue weighted by atomic mass is 31.2. The number of phosphoric acid groups is 2. The van der Waals surface area contributed by atoms with Gasteiger partial charge in [-0.3, -0.25) is 37.3 Å². The molecule has 0 aliphatic carbocycles. The van der Waals surface area contributed by atoms with Gasteiger partial charge in [-0.15, -0.1) is 0 Å². The van der Waals surface area contributed by atoms with Crippen molar-refractivity contribution in [2.45, 2.75) is 477 Å². The van der Waals surface area contributed by atoms with Crippen LogP contribution in [0.4, 0.5) is 0 Å². The average molecular weight is 1520 g/mol. The van der Waals surface area contributed by atoms with Gasteiger partial charge in [0.1, 0.15) is 19.3 Å². The summed E-state index contributed by atoms with van der Waals surface area (Å²) in [5.74, 6) is -1.40.